The van der Waals surface area contributed by atoms with Gasteiger partial charge in [-0.15, -0.1) is 0 Å². The molecule has 1 heterocycles. The minimum absolute atomic E-state index is 0.148. The number of nitrogens with two attached hydrogens (primary N) is 1. The molecule has 0 spiro atoms. The summed E-state index contributed by atoms with van der Waals surface area (Å²) in [7, 11) is 0. The Bertz CT molecular complexity index is 375. The molecule has 1 aliphatic rings. The van der Waals surface area contributed by atoms with Crippen LogP contribution in [-0.4, -0.2) is 53.5 Å². The van der Waals surface area contributed by atoms with Gasteiger partial charge in [0, 0.05) is 31.6 Å². The van der Waals surface area contributed by atoms with Crippen LogP contribution < -0.4 is 5.73 Å². The molecule has 3 atom stereocenters. The number of likely N-dealkylation sites (tertiary alicyclic amines) is 1. The Hall–Kier alpha value is -0.940. The minimum Gasteiger partial charge on any atom is -0.389 e. The minimum atomic E-state index is -0.636. The van der Waals surface area contributed by atoms with E-state index in [1.807, 2.05) is 18.2 Å². The molecule has 0 aromatic heterocycles. The van der Waals surface area contributed by atoms with Crippen LogP contribution in [0.2, 0.25) is 0 Å². The summed E-state index contributed by atoms with van der Waals surface area (Å²) in [5, 5.41) is 19.2. The molecule has 18 heavy (non-hydrogen) atoms. The quantitative estimate of drug-likeness (QED) is 0.700. The first kappa shape index (κ1) is 13.5. The molecule has 0 aliphatic carbocycles. The number of aliphatic hydroxyl groups excluding tert-OH is 2. The molecule has 1 fully saturated rings. The first-order chi connectivity index (χ1) is 8.55. The maximum atomic E-state index is 9.59. The summed E-state index contributed by atoms with van der Waals surface area (Å²) in [5.41, 5.74) is 6.98. The molecule has 2 rings (SSSR count). The standard InChI is InChI=1S/C14H22N2O2/c1-14(9-15,11-5-3-2-4-6-11)10-16-7-12(17)13(18)8-16/h2-6,12-13,17-18H,7-10,15H2,1H3. The Morgan fingerprint density at radius 2 is 1.78 bits per heavy atom. The summed E-state index contributed by atoms with van der Waals surface area (Å²) >= 11 is 0. The highest BCUT2D eigenvalue weighted by Crippen LogP contribution is 2.25. The van der Waals surface area contributed by atoms with Crippen molar-refractivity contribution in [2.24, 2.45) is 5.73 Å². The van der Waals surface area contributed by atoms with Crippen LogP contribution in [0, 0.1) is 0 Å². The second-order valence-electron chi connectivity index (χ2n) is 5.46. The first-order valence-corrected chi connectivity index (χ1v) is 6.39. The zero-order valence-corrected chi connectivity index (χ0v) is 10.8. The predicted molar refractivity (Wildman–Crippen MR) is 71.3 cm³/mol. The molecule has 3 unspecified atom stereocenters. The zero-order valence-electron chi connectivity index (χ0n) is 10.8. The van der Waals surface area contributed by atoms with Gasteiger partial charge in [0.2, 0.25) is 0 Å². The molecule has 1 saturated heterocycles. The molecule has 4 heteroatoms. The molecular formula is C14H22N2O2. The van der Waals surface area contributed by atoms with Crippen molar-refractivity contribution in [1.82, 2.24) is 4.90 Å². The maximum absolute atomic E-state index is 9.59. The molecule has 0 radical (unpaired) electrons. The van der Waals surface area contributed by atoms with E-state index in [-0.39, 0.29) is 5.41 Å². The van der Waals surface area contributed by atoms with Gasteiger partial charge in [0.15, 0.2) is 0 Å². The Morgan fingerprint density at radius 1 is 1.22 bits per heavy atom. The highest BCUT2D eigenvalue weighted by molar-refractivity contribution is 5.25. The van der Waals surface area contributed by atoms with Crippen molar-refractivity contribution >= 4 is 0 Å². The molecule has 0 saturated carbocycles. The van der Waals surface area contributed by atoms with Crippen LogP contribution in [0.5, 0.6) is 0 Å². The van der Waals surface area contributed by atoms with E-state index >= 15 is 0 Å². The van der Waals surface area contributed by atoms with E-state index in [0.717, 1.165) is 6.54 Å². The number of benzene rings is 1. The van der Waals surface area contributed by atoms with Gasteiger partial charge in [0.05, 0.1) is 12.2 Å². The van der Waals surface area contributed by atoms with Crippen molar-refractivity contribution in [2.45, 2.75) is 24.5 Å². The number of aliphatic hydroxyl groups is 2. The lowest BCUT2D eigenvalue weighted by molar-refractivity contribution is 0.0572. The van der Waals surface area contributed by atoms with Crippen molar-refractivity contribution in [1.29, 1.82) is 0 Å². The van der Waals surface area contributed by atoms with Gasteiger partial charge in [0.25, 0.3) is 0 Å². The molecule has 1 aromatic carbocycles. The summed E-state index contributed by atoms with van der Waals surface area (Å²) in [4.78, 5) is 2.08. The van der Waals surface area contributed by atoms with E-state index in [9.17, 15) is 10.2 Å². The van der Waals surface area contributed by atoms with Crippen molar-refractivity contribution in [3.05, 3.63) is 35.9 Å². The van der Waals surface area contributed by atoms with Gasteiger partial charge in [-0.1, -0.05) is 37.3 Å². The van der Waals surface area contributed by atoms with Gasteiger partial charge in [-0.05, 0) is 5.56 Å². The lowest BCUT2D eigenvalue weighted by Crippen LogP contribution is -2.43. The van der Waals surface area contributed by atoms with Crippen LogP contribution in [0.4, 0.5) is 0 Å². The van der Waals surface area contributed by atoms with Crippen LogP contribution >= 0.6 is 0 Å². The molecule has 1 aliphatic heterocycles. The SMILES string of the molecule is CC(CN)(CN1CC(O)C(O)C1)c1ccccc1. The van der Waals surface area contributed by atoms with Gasteiger partial charge in [-0.3, -0.25) is 4.90 Å². The highest BCUT2D eigenvalue weighted by atomic mass is 16.3. The predicted octanol–water partition coefficient (Wildman–Crippen LogP) is -0.0596. The normalized spacial score (nSPS) is 28.2. The fourth-order valence-electron chi connectivity index (χ4n) is 2.58. The van der Waals surface area contributed by atoms with E-state index in [2.05, 4.69) is 24.0 Å². The smallest absolute Gasteiger partial charge is 0.0938 e. The van der Waals surface area contributed by atoms with Gasteiger partial charge in [-0.2, -0.15) is 0 Å². The molecule has 100 valence electrons. The topological polar surface area (TPSA) is 69.7 Å². The largest absolute Gasteiger partial charge is 0.389 e. The lowest BCUT2D eigenvalue weighted by Gasteiger charge is -2.33. The van der Waals surface area contributed by atoms with Crippen LogP contribution in [0.15, 0.2) is 30.3 Å². The zero-order chi connectivity index (χ0) is 13.2. The first-order valence-electron chi connectivity index (χ1n) is 6.39. The van der Waals surface area contributed by atoms with Gasteiger partial charge in [-0.25, -0.2) is 0 Å². The fraction of sp³-hybridized carbons (Fsp3) is 0.571. The average Bonchev–Trinajstić information content (AvgIpc) is 2.69. The third kappa shape index (κ3) is 2.72. The van der Waals surface area contributed by atoms with Gasteiger partial charge in [0.1, 0.15) is 0 Å². The van der Waals surface area contributed by atoms with Crippen molar-refractivity contribution in [3.63, 3.8) is 0 Å². The summed E-state index contributed by atoms with van der Waals surface area (Å²) in [5.74, 6) is 0. The van der Waals surface area contributed by atoms with E-state index in [0.29, 0.717) is 19.6 Å². The number of β-amino-alcohol motifs (C(OH)–C–C–N with tert-alkyl or cyclic N) is 2. The fourth-order valence-corrected chi connectivity index (χ4v) is 2.58. The monoisotopic (exact) mass is 250 g/mol. The van der Waals surface area contributed by atoms with Gasteiger partial charge < -0.3 is 15.9 Å². The number of nitrogens with zero attached hydrogens (tertiary/aromatic N) is 1. The van der Waals surface area contributed by atoms with Crippen molar-refractivity contribution in [2.75, 3.05) is 26.2 Å². The molecule has 0 bridgehead atoms. The highest BCUT2D eigenvalue weighted by Gasteiger charge is 2.35. The van der Waals surface area contributed by atoms with Crippen LogP contribution in [0.25, 0.3) is 0 Å². The molecule has 4 N–H and O–H groups in total. The van der Waals surface area contributed by atoms with E-state index in [1.165, 1.54) is 5.56 Å². The molecular weight excluding hydrogens is 228 g/mol. The van der Waals surface area contributed by atoms with Gasteiger partial charge >= 0.3 is 0 Å². The number of hydrogen-bond donors (Lipinski definition) is 3. The maximum Gasteiger partial charge on any atom is 0.0938 e. The number of hydrogen-bond acceptors (Lipinski definition) is 4. The van der Waals surface area contributed by atoms with E-state index in [4.69, 9.17) is 5.73 Å². The Balaban J connectivity index is 2.10. The van der Waals surface area contributed by atoms with E-state index in [1.54, 1.807) is 0 Å². The molecule has 4 nitrogen and oxygen atoms in total. The van der Waals surface area contributed by atoms with E-state index < -0.39 is 12.2 Å². The third-order valence-electron chi connectivity index (χ3n) is 3.83. The molecule has 1 aromatic rings. The second kappa shape index (κ2) is 5.36. The van der Waals surface area contributed by atoms with Crippen molar-refractivity contribution in [3.8, 4) is 0 Å². The van der Waals surface area contributed by atoms with Crippen molar-refractivity contribution < 1.29 is 10.2 Å². The summed E-state index contributed by atoms with van der Waals surface area (Å²) in [6.07, 6.45) is -1.27. The Labute approximate surface area is 108 Å². The Morgan fingerprint density at radius 3 is 2.28 bits per heavy atom. The number of rotatable bonds is 4. The Kier molecular flexibility index (Phi) is 4.02. The summed E-state index contributed by atoms with van der Waals surface area (Å²) < 4.78 is 0. The summed E-state index contributed by atoms with van der Waals surface area (Å²) in [6, 6.07) is 10.2. The van der Waals surface area contributed by atoms with Crippen LogP contribution in [-0.2, 0) is 5.41 Å². The van der Waals surface area contributed by atoms with Crippen LogP contribution in [0.1, 0.15) is 12.5 Å². The lowest BCUT2D eigenvalue weighted by atomic mass is 9.82. The second-order valence-corrected chi connectivity index (χ2v) is 5.46. The third-order valence-corrected chi connectivity index (χ3v) is 3.83. The summed E-state index contributed by atoms with van der Waals surface area (Å²) in [6.45, 7) is 4.45. The molecule has 0 amide bonds. The average molecular weight is 250 g/mol. The van der Waals surface area contributed by atoms with Crippen LogP contribution in [0.3, 0.4) is 0 Å².